The zero-order valence-electron chi connectivity index (χ0n) is 20.7. The first-order valence-electron chi connectivity index (χ1n) is 13.0. The van der Waals surface area contributed by atoms with Crippen LogP contribution in [0.2, 0.25) is 0 Å². The van der Waals surface area contributed by atoms with Crippen LogP contribution < -0.4 is 5.32 Å². The molecule has 38 heavy (non-hydrogen) atoms. The van der Waals surface area contributed by atoms with Gasteiger partial charge in [-0.2, -0.15) is 0 Å². The summed E-state index contributed by atoms with van der Waals surface area (Å²) in [6.45, 7) is 0.814. The van der Waals surface area contributed by atoms with Crippen molar-refractivity contribution in [3.8, 4) is 33.5 Å². The fraction of sp³-hybridized carbons (Fsp3) is 0.0286. The lowest BCUT2D eigenvalue weighted by Crippen LogP contribution is -2.21. The van der Waals surface area contributed by atoms with Gasteiger partial charge in [-0.05, 0) is 46.0 Å². The van der Waals surface area contributed by atoms with Crippen molar-refractivity contribution in [2.75, 3.05) is 0 Å². The summed E-state index contributed by atoms with van der Waals surface area (Å²) in [4.78, 5) is 2.58. The van der Waals surface area contributed by atoms with Gasteiger partial charge in [-0.25, -0.2) is 0 Å². The molecule has 2 aliphatic rings. The van der Waals surface area contributed by atoms with E-state index in [4.69, 9.17) is 0 Å². The maximum absolute atomic E-state index is 3.75. The standard InChI is InChI=1S/C35H24N2S/c1-2-11-23(12-3-1)26-17-10-18-29-33-27-15-6-8-19-30(27)37(32-21-24-13-4-5-14-25(24)22-36-32)34(33)28-16-7-9-20-31(28)38-35(26)29/h1-21,36H,22H2. The average Bonchev–Trinajstić information content (AvgIpc) is 3.24. The minimum atomic E-state index is 0.814. The molecule has 180 valence electrons. The first kappa shape index (κ1) is 21.6. The van der Waals surface area contributed by atoms with Gasteiger partial charge in [-0.3, -0.25) is 4.57 Å². The quantitative estimate of drug-likeness (QED) is 0.253. The average molecular weight is 505 g/mol. The summed E-state index contributed by atoms with van der Waals surface area (Å²) in [5.74, 6) is 1.11. The number of hydrogen-bond acceptors (Lipinski definition) is 2. The maximum Gasteiger partial charge on any atom is 0.111 e. The van der Waals surface area contributed by atoms with E-state index in [0.29, 0.717) is 0 Å². The summed E-state index contributed by atoms with van der Waals surface area (Å²) in [6, 6.07) is 43.9. The van der Waals surface area contributed by atoms with Crippen LogP contribution in [0.15, 0.2) is 131 Å². The molecule has 0 saturated heterocycles. The van der Waals surface area contributed by atoms with Crippen molar-refractivity contribution in [2.24, 2.45) is 0 Å². The van der Waals surface area contributed by atoms with E-state index in [1.165, 1.54) is 65.3 Å². The molecule has 2 aliphatic heterocycles. The van der Waals surface area contributed by atoms with Gasteiger partial charge in [-0.1, -0.05) is 121 Å². The third-order valence-corrected chi connectivity index (χ3v) is 8.87. The van der Waals surface area contributed by atoms with Crippen molar-refractivity contribution >= 4 is 34.6 Å². The second-order valence-corrected chi connectivity index (χ2v) is 10.9. The Morgan fingerprint density at radius 2 is 1.37 bits per heavy atom. The molecule has 0 saturated carbocycles. The maximum atomic E-state index is 3.75. The van der Waals surface area contributed by atoms with Crippen LogP contribution in [-0.2, 0) is 6.54 Å². The van der Waals surface area contributed by atoms with Crippen LogP contribution in [-0.4, -0.2) is 4.57 Å². The molecule has 0 amide bonds. The van der Waals surface area contributed by atoms with Crippen molar-refractivity contribution in [1.82, 2.24) is 9.88 Å². The topological polar surface area (TPSA) is 17.0 Å². The Morgan fingerprint density at radius 1 is 0.632 bits per heavy atom. The van der Waals surface area contributed by atoms with Crippen molar-refractivity contribution in [3.63, 3.8) is 0 Å². The van der Waals surface area contributed by atoms with Crippen LogP contribution in [0, 0.1) is 0 Å². The molecule has 0 aliphatic carbocycles. The van der Waals surface area contributed by atoms with E-state index in [-0.39, 0.29) is 0 Å². The summed E-state index contributed by atoms with van der Waals surface area (Å²) < 4.78 is 2.45. The third-order valence-electron chi connectivity index (χ3n) is 7.65. The van der Waals surface area contributed by atoms with Crippen LogP contribution >= 0.6 is 11.8 Å². The van der Waals surface area contributed by atoms with Gasteiger partial charge in [-0.15, -0.1) is 0 Å². The predicted octanol–water partition coefficient (Wildman–Crippen LogP) is 9.17. The first-order valence-corrected chi connectivity index (χ1v) is 13.8. The molecule has 0 radical (unpaired) electrons. The summed E-state index contributed by atoms with van der Waals surface area (Å²) in [7, 11) is 0. The largest absolute Gasteiger partial charge is 0.367 e. The van der Waals surface area contributed by atoms with E-state index in [1.807, 2.05) is 11.8 Å². The Balaban J connectivity index is 1.50. The zero-order valence-corrected chi connectivity index (χ0v) is 21.5. The molecule has 1 aromatic heterocycles. The lowest BCUT2D eigenvalue weighted by atomic mass is 9.95. The number of aromatic nitrogens is 1. The number of nitrogens with one attached hydrogen (secondary N) is 1. The second kappa shape index (κ2) is 8.54. The van der Waals surface area contributed by atoms with E-state index in [9.17, 15) is 0 Å². The molecule has 0 unspecified atom stereocenters. The lowest BCUT2D eigenvalue weighted by molar-refractivity contribution is 0.829. The Kier molecular flexibility index (Phi) is 4.86. The summed E-state index contributed by atoms with van der Waals surface area (Å²) in [6.07, 6.45) is 2.30. The van der Waals surface area contributed by atoms with Crippen molar-refractivity contribution in [1.29, 1.82) is 0 Å². The van der Waals surface area contributed by atoms with E-state index >= 15 is 0 Å². The number of rotatable bonds is 2. The van der Waals surface area contributed by atoms with Gasteiger partial charge < -0.3 is 5.32 Å². The molecule has 6 aromatic rings. The van der Waals surface area contributed by atoms with Gasteiger partial charge >= 0.3 is 0 Å². The lowest BCUT2D eigenvalue weighted by Gasteiger charge is -2.23. The fourth-order valence-corrected chi connectivity index (χ4v) is 7.15. The van der Waals surface area contributed by atoms with E-state index < -0.39 is 0 Å². The van der Waals surface area contributed by atoms with Gasteiger partial charge in [0, 0.05) is 32.8 Å². The Morgan fingerprint density at radius 3 is 2.32 bits per heavy atom. The third kappa shape index (κ3) is 3.22. The SMILES string of the molecule is C1=C(n2c3c(c4ccccc42)-c2cccc(-c4ccccc4)c2Sc2ccccc2-3)NCc2ccccc21. The van der Waals surface area contributed by atoms with Gasteiger partial charge in [0.05, 0.1) is 11.2 Å². The monoisotopic (exact) mass is 504 g/mol. The Bertz CT molecular complexity index is 1900. The molecule has 8 rings (SSSR count). The number of fused-ring (bicyclic) bond motifs is 8. The second-order valence-electron chi connectivity index (χ2n) is 9.80. The minimum Gasteiger partial charge on any atom is -0.367 e. The molecule has 5 aromatic carbocycles. The van der Waals surface area contributed by atoms with Crippen LogP contribution in [0.25, 0.3) is 56.3 Å². The molecule has 0 spiro atoms. The first-order chi connectivity index (χ1) is 18.9. The highest BCUT2D eigenvalue weighted by Crippen LogP contribution is 2.54. The Labute approximate surface area is 226 Å². The number of para-hydroxylation sites is 1. The molecule has 0 fully saturated rings. The van der Waals surface area contributed by atoms with Gasteiger partial charge in [0.1, 0.15) is 5.82 Å². The molecule has 3 heterocycles. The normalized spacial score (nSPS) is 13.4. The highest BCUT2D eigenvalue weighted by molar-refractivity contribution is 7.99. The van der Waals surface area contributed by atoms with E-state index in [2.05, 4.69) is 137 Å². The molecular formula is C35H24N2S. The van der Waals surface area contributed by atoms with Crippen molar-refractivity contribution in [2.45, 2.75) is 16.3 Å². The number of nitrogens with zero attached hydrogens (tertiary/aromatic N) is 1. The highest BCUT2D eigenvalue weighted by atomic mass is 32.2. The van der Waals surface area contributed by atoms with E-state index in [1.54, 1.807) is 0 Å². The van der Waals surface area contributed by atoms with Gasteiger partial charge in [0.15, 0.2) is 0 Å². The fourth-order valence-electron chi connectivity index (χ4n) is 5.93. The van der Waals surface area contributed by atoms with Crippen LogP contribution in [0.1, 0.15) is 11.1 Å². The van der Waals surface area contributed by atoms with Crippen molar-refractivity contribution < 1.29 is 0 Å². The van der Waals surface area contributed by atoms with Crippen LogP contribution in [0.4, 0.5) is 0 Å². The van der Waals surface area contributed by atoms with Crippen molar-refractivity contribution in [3.05, 3.63) is 132 Å². The molecule has 3 heteroatoms. The number of hydrogen-bond donors (Lipinski definition) is 1. The summed E-state index contributed by atoms with van der Waals surface area (Å²) >= 11 is 1.89. The minimum absolute atomic E-state index is 0.814. The summed E-state index contributed by atoms with van der Waals surface area (Å²) in [5, 5.41) is 5.02. The molecule has 2 nitrogen and oxygen atoms in total. The predicted molar refractivity (Wildman–Crippen MR) is 160 cm³/mol. The molecule has 0 atom stereocenters. The van der Waals surface area contributed by atoms with Gasteiger partial charge in [0.25, 0.3) is 0 Å². The highest BCUT2D eigenvalue weighted by Gasteiger charge is 2.29. The van der Waals surface area contributed by atoms with Crippen LogP contribution in [0.3, 0.4) is 0 Å². The zero-order chi connectivity index (χ0) is 25.1. The molecule has 0 bridgehead atoms. The number of benzene rings is 5. The molecular weight excluding hydrogens is 480 g/mol. The molecule has 1 N–H and O–H groups in total. The van der Waals surface area contributed by atoms with Gasteiger partial charge in [0.2, 0.25) is 0 Å². The summed E-state index contributed by atoms with van der Waals surface area (Å²) in [5.41, 5.74) is 11.4. The Hall–Kier alpha value is -4.47. The van der Waals surface area contributed by atoms with Crippen LogP contribution in [0.5, 0.6) is 0 Å². The smallest absolute Gasteiger partial charge is 0.111 e. The van der Waals surface area contributed by atoms with E-state index in [0.717, 1.165) is 12.4 Å².